The van der Waals surface area contributed by atoms with Gasteiger partial charge < -0.3 is 20.1 Å². The highest BCUT2D eigenvalue weighted by Gasteiger charge is 2.13. The van der Waals surface area contributed by atoms with Crippen LogP contribution in [-0.4, -0.2) is 32.1 Å². The van der Waals surface area contributed by atoms with Gasteiger partial charge in [0.1, 0.15) is 0 Å². The maximum Gasteiger partial charge on any atom is 0.262 e. The van der Waals surface area contributed by atoms with Crippen molar-refractivity contribution in [1.29, 1.82) is 0 Å². The van der Waals surface area contributed by atoms with Crippen LogP contribution >= 0.6 is 0 Å². The lowest BCUT2D eigenvalue weighted by molar-refractivity contribution is -0.118. The van der Waals surface area contributed by atoms with Crippen LogP contribution < -0.4 is 20.1 Å². The Hall–Kier alpha value is -3.28. The second-order valence-electron chi connectivity index (χ2n) is 5.65. The molecule has 2 N–H and O–H groups in total. The van der Waals surface area contributed by atoms with E-state index in [0.29, 0.717) is 29.3 Å². The van der Waals surface area contributed by atoms with Crippen LogP contribution in [0.1, 0.15) is 29.8 Å². The molecule has 0 aromatic heterocycles. The second kappa shape index (κ2) is 10.0. The molecule has 0 radical (unpaired) electrons. The Morgan fingerprint density at radius 3 is 2.59 bits per heavy atom. The summed E-state index contributed by atoms with van der Waals surface area (Å²) in [6, 6.07) is 12.3. The highest BCUT2D eigenvalue weighted by Crippen LogP contribution is 2.28. The molecule has 6 nitrogen and oxygen atoms in total. The quantitative estimate of drug-likeness (QED) is 0.748. The first-order valence-electron chi connectivity index (χ1n) is 8.69. The lowest BCUT2D eigenvalue weighted by Gasteiger charge is -2.13. The SMILES string of the molecule is C/C=C/c1ccc(OCC(=O)Nc2ccccc2C(=O)NCC)c(OC)c1. The van der Waals surface area contributed by atoms with Crippen LogP contribution in [0.15, 0.2) is 48.5 Å². The number of anilines is 1. The summed E-state index contributed by atoms with van der Waals surface area (Å²) < 4.78 is 10.9. The summed E-state index contributed by atoms with van der Waals surface area (Å²) >= 11 is 0. The Morgan fingerprint density at radius 1 is 1.11 bits per heavy atom. The zero-order chi connectivity index (χ0) is 19.6. The van der Waals surface area contributed by atoms with Gasteiger partial charge in [0.25, 0.3) is 11.8 Å². The Bertz CT molecular complexity index is 831. The third kappa shape index (κ3) is 5.60. The number of carbonyl (C=O) groups is 2. The Kier molecular flexibility index (Phi) is 7.43. The summed E-state index contributed by atoms with van der Waals surface area (Å²) in [5.74, 6) is 0.404. The summed E-state index contributed by atoms with van der Waals surface area (Å²) in [5, 5.41) is 5.43. The number of hydrogen-bond donors (Lipinski definition) is 2. The number of nitrogens with one attached hydrogen (secondary N) is 2. The molecule has 0 aliphatic rings. The van der Waals surface area contributed by atoms with Crippen LogP contribution in [0.2, 0.25) is 0 Å². The van der Waals surface area contributed by atoms with Crippen LogP contribution in [0.3, 0.4) is 0 Å². The molecule has 2 rings (SSSR count). The van der Waals surface area contributed by atoms with E-state index in [4.69, 9.17) is 9.47 Å². The normalized spacial score (nSPS) is 10.5. The van der Waals surface area contributed by atoms with Crippen molar-refractivity contribution in [2.24, 2.45) is 0 Å². The van der Waals surface area contributed by atoms with Gasteiger partial charge in [0.15, 0.2) is 18.1 Å². The summed E-state index contributed by atoms with van der Waals surface area (Å²) in [6.45, 7) is 4.07. The molecule has 27 heavy (non-hydrogen) atoms. The zero-order valence-corrected chi connectivity index (χ0v) is 15.7. The molecule has 0 fully saturated rings. The van der Waals surface area contributed by atoms with Crippen molar-refractivity contribution < 1.29 is 19.1 Å². The number of ether oxygens (including phenoxy) is 2. The predicted molar refractivity (Wildman–Crippen MR) is 106 cm³/mol. The van der Waals surface area contributed by atoms with E-state index in [1.165, 1.54) is 0 Å². The van der Waals surface area contributed by atoms with E-state index >= 15 is 0 Å². The van der Waals surface area contributed by atoms with E-state index in [-0.39, 0.29) is 18.4 Å². The van der Waals surface area contributed by atoms with Gasteiger partial charge in [0.05, 0.1) is 18.4 Å². The predicted octanol–water partition coefficient (Wildman–Crippen LogP) is 3.50. The molecule has 0 heterocycles. The number of carbonyl (C=O) groups excluding carboxylic acids is 2. The molecular weight excluding hydrogens is 344 g/mol. The molecule has 0 atom stereocenters. The molecule has 0 saturated heterocycles. The molecule has 0 aliphatic heterocycles. The van der Waals surface area contributed by atoms with Crippen molar-refractivity contribution >= 4 is 23.6 Å². The number of amides is 2. The molecule has 6 heteroatoms. The highest BCUT2D eigenvalue weighted by molar-refractivity contribution is 6.04. The summed E-state index contributed by atoms with van der Waals surface area (Å²) in [4.78, 5) is 24.3. The van der Waals surface area contributed by atoms with E-state index in [1.807, 2.05) is 38.1 Å². The van der Waals surface area contributed by atoms with Crippen LogP contribution in [0, 0.1) is 0 Å². The topological polar surface area (TPSA) is 76.7 Å². The number of para-hydroxylation sites is 1. The van der Waals surface area contributed by atoms with E-state index < -0.39 is 0 Å². The van der Waals surface area contributed by atoms with E-state index in [2.05, 4.69) is 10.6 Å². The lowest BCUT2D eigenvalue weighted by atomic mass is 10.1. The molecule has 0 bridgehead atoms. The molecule has 0 spiro atoms. The van der Waals surface area contributed by atoms with E-state index in [0.717, 1.165) is 5.56 Å². The van der Waals surface area contributed by atoms with Gasteiger partial charge in [-0.05, 0) is 43.7 Å². The average molecular weight is 368 g/mol. The first-order chi connectivity index (χ1) is 13.1. The fourth-order valence-electron chi connectivity index (χ4n) is 2.48. The number of rotatable bonds is 8. The first-order valence-corrected chi connectivity index (χ1v) is 8.69. The molecule has 142 valence electrons. The van der Waals surface area contributed by atoms with Gasteiger partial charge in [-0.15, -0.1) is 0 Å². The van der Waals surface area contributed by atoms with Gasteiger partial charge in [-0.1, -0.05) is 30.4 Å². The fraction of sp³-hybridized carbons (Fsp3) is 0.238. The number of allylic oxidation sites excluding steroid dienone is 1. The van der Waals surface area contributed by atoms with Crippen molar-refractivity contribution in [1.82, 2.24) is 5.32 Å². The smallest absolute Gasteiger partial charge is 0.262 e. The van der Waals surface area contributed by atoms with Gasteiger partial charge in [0, 0.05) is 6.54 Å². The van der Waals surface area contributed by atoms with E-state index in [9.17, 15) is 9.59 Å². The second-order valence-corrected chi connectivity index (χ2v) is 5.65. The largest absolute Gasteiger partial charge is 0.493 e. The maximum absolute atomic E-state index is 12.3. The van der Waals surface area contributed by atoms with Crippen LogP contribution in [0.4, 0.5) is 5.69 Å². The Balaban J connectivity index is 2.04. The molecular formula is C21H24N2O4. The van der Waals surface area contributed by atoms with Crippen molar-refractivity contribution in [2.75, 3.05) is 25.6 Å². The molecule has 2 aromatic rings. The van der Waals surface area contributed by atoms with Gasteiger partial charge in [-0.25, -0.2) is 0 Å². The number of benzene rings is 2. The maximum atomic E-state index is 12.3. The van der Waals surface area contributed by atoms with E-state index in [1.54, 1.807) is 37.4 Å². The van der Waals surface area contributed by atoms with Gasteiger partial charge in [-0.2, -0.15) is 0 Å². The summed E-state index contributed by atoms with van der Waals surface area (Å²) in [6.07, 6.45) is 3.87. The third-order valence-corrected chi connectivity index (χ3v) is 3.69. The van der Waals surface area contributed by atoms with Crippen molar-refractivity contribution in [3.05, 3.63) is 59.7 Å². The molecule has 2 aromatic carbocycles. The number of methoxy groups -OCH3 is 1. The first kappa shape index (κ1) is 20.0. The molecule has 0 aliphatic carbocycles. The standard InChI is InChI=1S/C21H24N2O4/c1-4-8-15-11-12-18(19(13-15)26-3)27-14-20(24)23-17-10-7-6-9-16(17)21(25)22-5-2/h4,6-13H,5,14H2,1-3H3,(H,22,25)(H,23,24)/b8-4+. The summed E-state index contributed by atoms with van der Waals surface area (Å²) in [5.41, 5.74) is 1.82. The highest BCUT2D eigenvalue weighted by atomic mass is 16.5. The van der Waals surface area contributed by atoms with Gasteiger partial charge in [-0.3, -0.25) is 9.59 Å². The monoisotopic (exact) mass is 368 g/mol. The third-order valence-electron chi connectivity index (χ3n) is 3.69. The minimum absolute atomic E-state index is 0.205. The van der Waals surface area contributed by atoms with Crippen LogP contribution in [-0.2, 0) is 4.79 Å². The lowest BCUT2D eigenvalue weighted by Crippen LogP contribution is -2.26. The summed E-state index contributed by atoms with van der Waals surface area (Å²) in [7, 11) is 1.55. The molecule has 2 amide bonds. The zero-order valence-electron chi connectivity index (χ0n) is 15.7. The average Bonchev–Trinajstić information content (AvgIpc) is 2.67. The van der Waals surface area contributed by atoms with Crippen molar-refractivity contribution in [3.63, 3.8) is 0 Å². The minimum atomic E-state index is -0.369. The van der Waals surface area contributed by atoms with Crippen LogP contribution in [0.25, 0.3) is 6.08 Å². The molecule has 0 unspecified atom stereocenters. The molecule has 0 saturated carbocycles. The fourth-order valence-corrected chi connectivity index (χ4v) is 2.48. The number of hydrogen-bond acceptors (Lipinski definition) is 4. The van der Waals surface area contributed by atoms with Crippen molar-refractivity contribution in [2.45, 2.75) is 13.8 Å². The van der Waals surface area contributed by atoms with Gasteiger partial charge in [0.2, 0.25) is 0 Å². The Labute approximate surface area is 159 Å². The van der Waals surface area contributed by atoms with Gasteiger partial charge >= 0.3 is 0 Å². The van der Waals surface area contributed by atoms with Crippen LogP contribution in [0.5, 0.6) is 11.5 Å². The Morgan fingerprint density at radius 2 is 1.89 bits per heavy atom. The minimum Gasteiger partial charge on any atom is -0.493 e. The van der Waals surface area contributed by atoms with Crippen molar-refractivity contribution in [3.8, 4) is 11.5 Å².